The molecule has 1 heterocycles. The second kappa shape index (κ2) is 6.89. The lowest BCUT2D eigenvalue weighted by Crippen LogP contribution is -2.33. The van der Waals surface area contributed by atoms with Crippen LogP contribution in [0.4, 0.5) is 5.69 Å². The number of anilines is 1. The minimum atomic E-state index is -0.138. The maximum atomic E-state index is 12.9. The summed E-state index contributed by atoms with van der Waals surface area (Å²) in [4.78, 5) is 19.0. The van der Waals surface area contributed by atoms with Crippen molar-refractivity contribution in [3.05, 3.63) is 70.9 Å². The van der Waals surface area contributed by atoms with Crippen molar-refractivity contribution in [1.29, 1.82) is 0 Å². The molecule has 0 atom stereocenters. The van der Waals surface area contributed by atoms with E-state index in [0.717, 1.165) is 11.3 Å². The maximum absolute atomic E-state index is 12.9. The van der Waals surface area contributed by atoms with E-state index >= 15 is 0 Å². The number of carbonyl (C=O) groups is 1. The first kappa shape index (κ1) is 16.3. The lowest BCUT2D eigenvalue weighted by atomic mass is 10.2. The highest BCUT2D eigenvalue weighted by molar-refractivity contribution is 6.31. The van der Waals surface area contributed by atoms with Crippen LogP contribution in [0.5, 0.6) is 0 Å². The summed E-state index contributed by atoms with van der Waals surface area (Å²) >= 11 is 5.95. The molecular weight excluding hydrogens is 322 g/mol. The van der Waals surface area contributed by atoms with Crippen LogP contribution in [0.25, 0.3) is 6.08 Å². The van der Waals surface area contributed by atoms with Crippen LogP contribution in [-0.2, 0) is 4.79 Å². The predicted octanol–water partition coefficient (Wildman–Crippen LogP) is 4.08. The van der Waals surface area contributed by atoms with Crippen LogP contribution in [0.2, 0.25) is 5.02 Å². The fraction of sp³-hybridized carbons (Fsp3) is 0.158. The molecule has 1 N–H and O–H groups in total. The summed E-state index contributed by atoms with van der Waals surface area (Å²) in [6.45, 7) is 3.94. The molecule has 4 nitrogen and oxygen atoms in total. The maximum Gasteiger partial charge on any atom is 0.281 e. The van der Waals surface area contributed by atoms with E-state index in [0.29, 0.717) is 16.7 Å². The molecule has 0 unspecified atom stereocenters. The van der Waals surface area contributed by atoms with E-state index < -0.39 is 0 Å². The Morgan fingerprint density at radius 1 is 1.08 bits per heavy atom. The number of aliphatic imine (C=N–C) groups is 1. The minimum absolute atomic E-state index is 0.0613. The van der Waals surface area contributed by atoms with E-state index in [4.69, 9.17) is 11.6 Å². The first-order valence-corrected chi connectivity index (χ1v) is 8.14. The van der Waals surface area contributed by atoms with Crippen molar-refractivity contribution in [2.24, 2.45) is 4.99 Å². The van der Waals surface area contributed by atoms with Gasteiger partial charge in [-0.3, -0.25) is 4.79 Å². The second-order valence-electron chi connectivity index (χ2n) is 5.76. The van der Waals surface area contributed by atoms with Crippen LogP contribution in [0.3, 0.4) is 0 Å². The molecule has 0 aromatic heterocycles. The summed E-state index contributed by atoms with van der Waals surface area (Å²) in [5, 5.41) is 3.76. The van der Waals surface area contributed by atoms with Gasteiger partial charge in [-0.15, -0.1) is 0 Å². The van der Waals surface area contributed by atoms with E-state index in [1.54, 1.807) is 17.0 Å². The van der Waals surface area contributed by atoms with Gasteiger partial charge in [-0.2, -0.15) is 0 Å². The van der Waals surface area contributed by atoms with Crippen molar-refractivity contribution < 1.29 is 4.79 Å². The van der Waals surface area contributed by atoms with Crippen LogP contribution in [0.1, 0.15) is 19.4 Å². The van der Waals surface area contributed by atoms with E-state index in [1.807, 2.05) is 62.4 Å². The van der Waals surface area contributed by atoms with Crippen molar-refractivity contribution in [2.45, 2.75) is 19.9 Å². The van der Waals surface area contributed by atoms with Crippen molar-refractivity contribution in [2.75, 3.05) is 4.90 Å². The molecular formula is C19H18ClN3O. The summed E-state index contributed by atoms with van der Waals surface area (Å²) in [5.41, 5.74) is 2.18. The van der Waals surface area contributed by atoms with Crippen LogP contribution in [0, 0.1) is 0 Å². The van der Waals surface area contributed by atoms with Crippen molar-refractivity contribution >= 4 is 35.2 Å². The largest absolute Gasteiger partial charge is 0.321 e. The van der Waals surface area contributed by atoms with Crippen molar-refractivity contribution in [3.63, 3.8) is 0 Å². The number of carbonyl (C=O) groups excluding carboxylic acids is 1. The summed E-state index contributed by atoms with van der Waals surface area (Å²) in [5.74, 6) is 0.389. The number of rotatable bonds is 3. The first-order chi connectivity index (χ1) is 11.5. The molecule has 1 aliphatic heterocycles. The molecule has 1 amide bonds. The molecule has 0 radical (unpaired) electrons. The highest BCUT2D eigenvalue weighted by Crippen LogP contribution is 2.24. The molecule has 3 rings (SSSR count). The topological polar surface area (TPSA) is 44.7 Å². The molecule has 1 fully saturated rings. The van der Waals surface area contributed by atoms with Crippen LogP contribution in [-0.4, -0.2) is 17.9 Å². The molecule has 122 valence electrons. The molecule has 5 heteroatoms. The van der Waals surface area contributed by atoms with E-state index in [2.05, 4.69) is 10.3 Å². The van der Waals surface area contributed by atoms with Gasteiger partial charge in [0, 0.05) is 11.1 Å². The lowest BCUT2D eigenvalue weighted by Gasteiger charge is -2.16. The number of nitrogens with one attached hydrogen (secondary N) is 1. The SMILES string of the molecule is CC(C)N=C1N/C(=C\c2ccccc2)C(=O)N1c1ccc(Cl)cc1. The Labute approximate surface area is 146 Å². The number of guanidine groups is 1. The van der Waals surface area contributed by atoms with E-state index in [1.165, 1.54) is 0 Å². The van der Waals surface area contributed by atoms with Gasteiger partial charge in [-0.05, 0) is 49.8 Å². The molecule has 0 bridgehead atoms. The molecule has 1 saturated heterocycles. The summed E-state index contributed by atoms with van der Waals surface area (Å²) in [6, 6.07) is 16.9. The van der Waals surface area contributed by atoms with Gasteiger partial charge >= 0.3 is 0 Å². The van der Waals surface area contributed by atoms with Crippen molar-refractivity contribution in [3.8, 4) is 0 Å². The Bertz CT molecular complexity index is 795. The van der Waals surface area contributed by atoms with Gasteiger partial charge in [0.1, 0.15) is 5.70 Å². The van der Waals surface area contributed by atoms with Crippen LogP contribution in [0.15, 0.2) is 65.3 Å². The highest BCUT2D eigenvalue weighted by Gasteiger charge is 2.33. The quantitative estimate of drug-likeness (QED) is 0.856. The zero-order chi connectivity index (χ0) is 17.1. The van der Waals surface area contributed by atoms with Crippen molar-refractivity contribution in [1.82, 2.24) is 5.32 Å². The van der Waals surface area contributed by atoms with Gasteiger partial charge in [0.2, 0.25) is 5.96 Å². The van der Waals surface area contributed by atoms with Gasteiger partial charge < -0.3 is 5.32 Å². The number of benzene rings is 2. The number of halogens is 1. The zero-order valence-electron chi connectivity index (χ0n) is 13.5. The average molecular weight is 340 g/mol. The third-order valence-electron chi connectivity index (χ3n) is 3.47. The fourth-order valence-corrected chi connectivity index (χ4v) is 2.55. The van der Waals surface area contributed by atoms with E-state index in [9.17, 15) is 4.79 Å². The van der Waals surface area contributed by atoms with Gasteiger partial charge in [-0.25, -0.2) is 9.89 Å². The zero-order valence-corrected chi connectivity index (χ0v) is 14.3. The highest BCUT2D eigenvalue weighted by atomic mass is 35.5. The number of hydrogen-bond acceptors (Lipinski definition) is 2. The molecule has 0 saturated carbocycles. The molecule has 24 heavy (non-hydrogen) atoms. The van der Waals surface area contributed by atoms with E-state index in [-0.39, 0.29) is 11.9 Å². The first-order valence-electron chi connectivity index (χ1n) is 7.76. The predicted molar refractivity (Wildman–Crippen MR) is 99.1 cm³/mol. The summed E-state index contributed by atoms with van der Waals surface area (Å²) in [7, 11) is 0. The van der Waals surface area contributed by atoms with Gasteiger partial charge in [0.05, 0.1) is 5.69 Å². The molecule has 0 spiro atoms. The Morgan fingerprint density at radius 3 is 2.38 bits per heavy atom. The molecule has 1 aliphatic rings. The number of nitrogens with zero attached hydrogens (tertiary/aromatic N) is 2. The summed E-state index contributed by atoms with van der Waals surface area (Å²) in [6.07, 6.45) is 1.83. The lowest BCUT2D eigenvalue weighted by molar-refractivity contribution is -0.113. The Kier molecular flexibility index (Phi) is 4.67. The Hall–Kier alpha value is -2.59. The third-order valence-corrected chi connectivity index (χ3v) is 3.72. The minimum Gasteiger partial charge on any atom is -0.321 e. The van der Waals surface area contributed by atoms with Crippen LogP contribution < -0.4 is 10.2 Å². The third kappa shape index (κ3) is 3.49. The normalized spacial score (nSPS) is 17.8. The number of amides is 1. The fourth-order valence-electron chi connectivity index (χ4n) is 2.42. The van der Waals surface area contributed by atoms with Gasteiger partial charge in [0.15, 0.2) is 0 Å². The molecule has 2 aromatic carbocycles. The smallest absolute Gasteiger partial charge is 0.281 e. The van der Waals surface area contributed by atoms with Crippen LogP contribution >= 0.6 is 11.6 Å². The monoisotopic (exact) mass is 339 g/mol. The second-order valence-corrected chi connectivity index (χ2v) is 6.19. The van der Waals surface area contributed by atoms with Gasteiger partial charge in [-0.1, -0.05) is 41.9 Å². The molecule has 0 aliphatic carbocycles. The summed E-state index contributed by atoms with van der Waals surface area (Å²) < 4.78 is 0. The average Bonchev–Trinajstić information content (AvgIpc) is 2.84. The standard InChI is InChI=1S/C19H18ClN3O/c1-13(2)21-19-22-17(12-14-6-4-3-5-7-14)18(24)23(19)16-10-8-15(20)9-11-16/h3-13H,1-2H3,(H,21,22)/b17-12-. The Morgan fingerprint density at radius 2 is 1.75 bits per heavy atom. The number of hydrogen-bond donors (Lipinski definition) is 1. The van der Waals surface area contributed by atoms with Gasteiger partial charge in [0.25, 0.3) is 5.91 Å². The Balaban J connectivity index is 2.01. The molecule has 2 aromatic rings.